The second kappa shape index (κ2) is 10.2. The molecule has 4 nitrogen and oxygen atoms in total. The monoisotopic (exact) mass is 415 g/mol. The van der Waals surface area contributed by atoms with Crippen molar-refractivity contribution in [1.29, 1.82) is 0 Å². The van der Waals surface area contributed by atoms with Crippen molar-refractivity contribution in [2.24, 2.45) is 0 Å². The van der Waals surface area contributed by atoms with E-state index >= 15 is 0 Å². The largest absolute Gasteiger partial charge is 0.494 e. The number of thioether (sulfide) groups is 1. The molecule has 0 saturated carbocycles. The van der Waals surface area contributed by atoms with Gasteiger partial charge in [-0.15, -0.1) is 0 Å². The number of rotatable bonds is 8. The highest BCUT2D eigenvalue weighted by atomic mass is 32.2. The summed E-state index contributed by atoms with van der Waals surface area (Å²) in [6.45, 7) is 0.752. The molecule has 0 fully saturated rings. The number of hydrogen-bond donors (Lipinski definition) is 2. The van der Waals surface area contributed by atoms with Crippen LogP contribution in [0.15, 0.2) is 54.7 Å². The predicted octanol–water partition coefficient (Wildman–Crippen LogP) is 4.99. The van der Waals surface area contributed by atoms with E-state index in [1.165, 1.54) is 6.07 Å². The summed E-state index contributed by atoms with van der Waals surface area (Å²) >= 11 is 7.12. The van der Waals surface area contributed by atoms with E-state index in [0.29, 0.717) is 10.9 Å². The van der Waals surface area contributed by atoms with Crippen LogP contribution in [-0.2, 0) is 5.75 Å². The average Bonchev–Trinajstić information content (AvgIpc) is 2.72. The smallest absolute Gasteiger partial charge is 0.170 e. The molecule has 0 saturated heterocycles. The molecule has 3 aromatic rings. The second-order valence-corrected chi connectivity index (χ2v) is 7.61. The van der Waals surface area contributed by atoms with Crippen molar-refractivity contribution in [3.05, 3.63) is 66.1 Å². The molecule has 7 heteroatoms. The Balaban J connectivity index is 1.44. The van der Waals surface area contributed by atoms with E-state index in [1.807, 2.05) is 36.4 Å². The molecule has 0 atom stereocenters. The van der Waals surface area contributed by atoms with Gasteiger partial charge >= 0.3 is 0 Å². The van der Waals surface area contributed by atoms with Crippen LogP contribution in [0.25, 0.3) is 10.9 Å². The number of pyridine rings is 1. The van der Waals surface area contributed by atoms with Gasteiger partial charge in [0.25, 0.3) is 0 Å². The molecule has 2 aromatic carbocycles. The highest BCUT2D eigenvalue weighted by Crippen LogP contribution is 2.29. The predicted molar refractivity (Wildman–Crippen MR) is 120 cm³/mol. The molecular weight excluding hydrogens is 393 g/mol. The summed E-state index contributed by atoms with van der Waals surface area (Å²) < 4.78 is 18.9. The number of hydrogen-bond acceptors (Lipinski definition) is 4. The first-order chi connectivity index (χ1) is 13.7. The Kier molecular flexibility index (Phi) is 7.45. The number of fused-ring (bicyclic) bond motifs is 1. The van der Waals surface area contributed by atoms with E-state index in [4.69, 9.17) is 17.0 Å². The zero-order valence-corrected chi connectivity index (χ0v) is 17.2. The Morgan fingerprint density at radius 2 is 2.04 bits per heavy atom. The normalized spacial score (nSPS) is 10.6. The van der Waals surface area contributed by atoms with E-state index in [2.05, 4.69) is 15.6 Å². The van der Waals surface area contributed by atoms with Gasteiger partial charge < -0.3 is 15.4 Å². The molecule has 0 radical (unpaired) electrons. The summed E-state index contributed by atoms with van der Waals surface area (Å²) in [5.41, 5.74) is 2.43. The maximum atomic E-state index is 13.6. The first kappa shape index (κ1) is 20.4. The van der Waals surface area contributed by atoms with Crippen molar-refractivity contribution in [3.8, 4) is 5.75 Å². The van der Waals surface area contributed by atoms with Crippen molar-refractivity contribution < 1.29 is 9.13 Å². The second-order valence-electron chi connectivity index (χ2n) is 6.09. The lowest BCUT2D eigenvalue weighted by atomic mass is 10.1. The Morgan fingerprint density at radius 1 is 1.18 bits per heavy atom. The van der Waals surface area contributed by atoms with Crippen molar-refractivity contribution in [2.45, 2.75) is 12.2 Å². The number of anilines is 1. The lowest BCUT2D eigenvalue weighted by Crippen LogP contribution is -2.29. The first-order valence-corrected chi connectivity index (χ1v) is 10.5. The SMILES string of the molecule is COc1ccc(NC(=S)NCCCSCc2ccccc2F)c2cccnc12. The third-order valence-corrected chi connectivity index (χ3v) is 5.51. The summed E-state index contributed by atoms with van der Waals surface area (Å²) in [4.78, 5) is 4.39. The fourth-order valence-electron chi connectivity index (χ4n) is 2.76. The lowest BCUT2D eigenvalue weighted by molar-refractivity contribution is 0.419. The molecule has 0 aliphatic heterocycles. The molecule has 0 aliphatic rings. The van der Waals surface area contributed by atoms with E-state index in [1.54, 1.807) is 31.1 Å². The van der Waals surface area contributed by atoms with Gasteiger partial charge in [0.2, 0.25) is 0 Å². The first-order valence-electron chi connectivity index (χ1n) is 8.97. The Hall–Kier alpha value is -2.38. The maximum Gasteiger partial charge on any atom is 0.170 e. The Bertz CT molecular complexity index is 952. The molecule has 2 N–H and O–H groups in total. The van der Waals surface area contributed by atoms with Crippen LogP contribution in [-0.4, -0.2) is 29.5 Å². The van der Waals surface area contributed by atoms with Crippen molar-refractivity contribution >= 4 is 45.7 Å². The van der Waals surface area contributed by atoms with Gasteiger partial charge in [0.05, 0.1) is 7.11 Å². The molecule has 0 aliphatic carbocycles. The summed E-state index contributed by atoms with van der Waals surface area (Å²) in [7, 11) is 1.63. The van der Waals surface area contributed by atoms with Gasteiger partial charge in [-0.25, -0.2) is 4.39 Å². The topological polar surface area (TPSA) is 46.2 Å². The molecule has 1 heterocycles. The molecule has 3 rings (SSSR count). The minimum Gasteiger partial charge on any atom is -0.494 e. The van der Waals surface area contributed by atoms with E-state index in [0.717, 1.165) is 46.6 Å². The minimum absolute atomic E-state index is 0.139. The van der Waals surface area contributed by atoms with Gasteiger partial charge in [-0.2, -0.15) is 11.8 Å². The molecule has 0 spiro atoms. The number of nitrogens with zero attached hydrogens (tertiary/aromatic N) is 1. The van der Waals surface area contributed by atoms with Crippen LogP contribution in [0, 0.1) is 5.82 Å². The number of ether oxygens (including phenoxy) is 1. The van der Waals surface area contributed by atoms with Crippen molar-refractivity contribution in [3.63, 3.8) is 0 Å². The molecular formula is C21H22FN3OS2. The molecule has 28 heavy (non-hydrogen) atoms. The van der Waals surface area contributed by atoms with Gasteiger partial charge in [0.1, 0.15) is 17.1 Å². The number of methoxy groups -OCH3 is 1. The molecule has 0 unspecified atom stereocenters. The Labute approximate surface area is 173 Å². The number of benzene rings is 2. The fraction of sp³-hybridized carbons (Fsp3) is 0.238. The number of thiocarbonyl (C=S) groups is 1. The van der Waals surface area contributed by atoms with Crippen LogP contribution in [0.3, 0.4) is 0 Å². The minimum atomic E-state index is -0.139. The summed E-state index contributed by atoms with van der Waals surface area (Å²) in [5.74, 6) is 2.20. The van der Waals surface area contributed by atoms with Crippen LogP contribution in [0.4, 0.5) is 10.1 Å². The summed E-state index contributed by atoms with van der Waals surface area (Å²) in [5, 5.41) is 7.96. The summed E-state index contributed by atoms with van der Waals surface area (Å²) in [6, 6.07) is 14.6. The van der Waals surface area contributed by atoms with Crippen LogP contribution >= 0.6 is 24.0 Å². The molecule has 0 amide bonds. The highest BCUT2D eigenvalue weighted by Gasteiger charge is 2.08. The van der Waals surface area contributed by atoms with Crippen LogP contribution < -0.4 is 15.4 Å². The van der Waals surface area contributed by atoms with E-state index in [-0.39, 0.29) is 5.82 Å². The quantitative estimate of drug-likeness (QED) is 0.399. The third-order valence-electron chi connectivity index (χ3n) is 4.17. The molecule has 146 valence electrons. The average molecular weight is 416 g/mol. The third kappa shape index (κ3) is 5.33. The van der Waals surface area contributed by atoms with Gasteiger partial charge in [-0.1, -0.05) is 18.2 Å². The van der Waals surface area contributed by atoms with Crippen molar-refractivity contribution in [1.82, 2.24) is 10.3 Å². The van der Waals surface area contributed by atoms with Gasteiger partial charge in [0.15, 0.2) is 5.11 Å². The van der Waals surface area contributed by atoms with E-state index < -0.39 is 0 Å². The lowest BCUT2D eigenvalue weighted by Gasteiger charge is -2.13. The van der Waals surface area contributed by atoms with Gasteiger partial charge in [-0.05, 0) is 60.3 Å². The number of aromatic nitrogens is 1. The summed E-state index contributed by atoms with van der Waals surface area (Å²) in [6.07, 6.45) is 2.68. The van der Waals surface area contributed by atoms with Gasteiger partial charge in [0, 0.05) is 29.6 Å². The highest BCUT2D eigenvalue weighted by molar-refractivity contribution is 7.98. The fourth-order valence-corrected chi connectivity index (χ4v) is 3.92. The molecule has 0 bridgehead atoms. The number of halogens is 1. The standard InChI is InChI=1S/C21H22FN3OS2/c1-26-19-10-9-18(16-7-4-11-23-20(16)19)25-21(27)24-12-5-13-28-14-15-6-2-3-8-17(15)22/h2-4,6-11H,5,12-14H2,1H3,(H2,24,25,27). The van der Waals surface area contributed by atoms with Crippen LogP contribution in [0.1, 0.15) is 12.0 Å². The maximum absolute atomic E-state index is 13.6. The zero-order chi connectivity index (χ0) is 19.8. The molecule has 1 aromatic heterocycles. The van der Waals surface area contributed by atoms with Crippen LogP contribution in [0.5, 0.6) is 5.75 Å². The van der Waals surface area contributed by atoms with Gasteiger partial charge in [-0.3, -0.25) is 4.98 Å². The van der Waals surface area contributed by atoms with Crippen molar-refractivity contribution in [2.75, 3.05) is 24.7 Å². The van der Waals surface area contributed by atoms with Crippen LogP contribution in [0.2, 0.25) is 0 Å². The zero-order valence-electron chi connectivity index (χ0n) is 15.6. The Morgan fingerprint density at radius 3 is 2.86 bits per heavy atom. The number of nitrogens with one attached hydrogen (secondary N) is 2. The van der Waals surface area contributed by atoms with E-state index in [9.17, 15) is 4.39 Å².